The fourth-order valence-electron chi connectivity index (χ4n) is 2.62. The number of likely N-dealkylation sites (N-methyl/N-ethyl adjacent to an activating group) is 1. The van der Waals surface area contributed by atoms with Crippen LogP contribution in [0.25, 0.3) is 10.2 Å². The highest BCUT2D eigenvalue weighted by Gasteiger charge is 2.30. The van der Waals surface area contributed by atoms with Gasteiger partial charge in [-0.05, 0) is 44.6 Å². The molecule has 7 heteroatoms. The fraction of sp³-hybridized carbons (Fsp3) is 0.500. The summed E-state index contributed by atoms with van der Waals surface area (Å²) in [5.74, 6) is 0. The second kappa shape index (κ2) is 5.46. The predicted molar refractivity (Wildman–Crippen MR) is 78.8 cm³/mol. The summed E-state index contributed by atoms with van der Waals surface area (Å²) in [5.41, 5.74) is -0.250. The molecule has 1 aliphatic rings. The van der Waals surface area contributed by atoms with Gasteiger partial charge in [0.2, 0.25) is 0 Å². The lowest BCUT2D eigenvalue weighted by Gasteiger charge is -2.19. The van der Waals surface area contributed by atoms with Gasteiger partial charge in [0.25, 0.3) is 0 Å². The van der Waals surface area contributed by atoms with Crippen LogP contribution < -0.4 is 5.32 Å². The molecule has 0 aliphatic carbocycles. The molecule has 2 heterocycles. The van der Waals surface area contributed by atoms with Crippen molar-refractivity contribution in [3.63, 3.8) is 0 Å². The maximum atomic E-state index is 12.7. The van der Waals surface area contributed by atoms with Crippen molar-refractivity contribution < 1.29 is 13.2 Å². The van der Waals surface area contributed by atoms with E-state index in [-0.39, 0.29) is 0 Å². The van der Waals surface area contributed by atoms with Crippen molar-refractivity contribution >= 4 is 26.7 Å². The molecular formula is C14H16F3N3S. The van der Waals surface area contributed by atoms with E-state index in [1.165, 1.54) is 23.8 Å². The molecular weight excluding hydrogens is 299 g/mol. The Kier molecular flexibility index (Phi) is 3.79. The van der Waals surface area contributed by atoms with Gasteiger partial charge in [-0.1, -0.05) is 11.3 Å². The van der Waals surface area contributed by atoms with E-state index in [0.29, 0.717) is 16.7 Å². The van der Waals surface area contributed by atoms with Gasteiger partial charge in [0.15, 0.2) is 5.13 Å². The first-order chi connectivity index (χ1) is 9.93. The Morgan fingerprint density at radius 1 is 1.43 bits per heavy atom. The zero-order chi connectivity index (χ0) is 15.0. The molecule has 1 aromatic carbocycles. The minimum absolute atomic E-state index is 0.400. The number of anilines is 1. The van der Waals surface area contributed by atoms with Gasteiger partial charge in [-0.2, -0.15) is 13.2 Å². The van der Waals surface area contributed by atoms with Crippen molar-refractivity contribution in [3.05, 3.63) is 23.8 Å². The summed E-state index contributed by atoms with van der Waals surface area (Å²) < 4.78 is 38.8. The van der Waals surface area contributed by atoms with E-state index in [9.17, 15) is 13.2 Å². The van der Waals surface area contributed by atoms with Gasteiger partial charge in [0, 0.05) is 12.6 Å². The first kappa shape index (κ1) is 14.6. The van der Waals surface area contributed by atoms with Gasteiger partial charge in [-0.3, -0.25) is 0 Å². The number of hydrogen-bond donors (Lipinski definition) is 1. The van der Waals surface area contributed by atoms with Crippen LogP contribution in [0.5, 0.6) is 0 Å². The summed E-state index contributed by atoms with van der Waals surface area (Å²) in [6, 6.07) is 4.18. The maximum absolute atomic E-state index is 12.7. The first-order valence-corrected chi connectivity index (χ1v) is 7.67. The van der Waals surface area contributed by atoms with Gasteiger partial charge >= 0.3 is 6.18 Å². The Labute approximate surface area is 124 Å². The lowest BCUT2D eigenvalue weighted by Crippen LogP contribution is -2.31. The molecule has 0 amide bonds. The van der Waals surface area contributed by atoms with Gasteiger partial charge in [-0.25, -0.2) is 4.98 Å². The van der Waals surface area contributed by atoms with Crippen molar-refractivity contribution in [1.82, 2.24) is 9.88 Å². The summed E-state index contributed by atoms with van der Waals surface area (Å²) in [7, 11) is 2.09. The molecule has 3 nitrogen and oxygen atoms in total. The number of benzene rings is 1. The molecule has 0 bridgehead atoms. The normalized spacial score (nSPS) is 20.3. The highest BCUT2D eigenvalue weighted by atomic mass is 32.1. The molecule has 2 aromatic rings. The smallest absolute Gasteiger partial charge is 0.360 e. The van der Waals surface area contributed by atoms with Gasteiger partial charge in [-0.15, -0.1) is 0 Å². The number of fused-ring (bicyclic) bond motifs is 1. The van der Waals surface area contributed by atoms with Crippen LogP contribution in [-0.4, -0.2) is 36.1 Å². The monoisotopic (exact) mass is 315 g/mol. The Morgan fingerprint density at radius 2 is 2.24 bits per heavy atom. The largest absolute Gasteiger partial charge is 0.416 e. The molecule has 3 rings (SSSR count). The number of nitrogens with zero attached hydrogens (tertiary/aromatic N) is 2. The fourth-order valence-corrected chi connectivity index (χ4v) is 3.47. The zero-order valence-corrected chi connectivity index (χ0v) is 12.4. The molecule has 21 heavy (non-hydrogen) atoms. The van der Waals surface area contributed by atoms with Crippen LogP contribution in [0.3, 0.4) is 0 Å². The molecule has 0 saturated carbocycles. The van der Waals surface area contributed by atoms with Crippen molar-refractivity contribution in [2.45, 2.75) is 25.1 Å². The Bertz CT molecular complexity index is 638. The van der Waals surface area contributed by atoms with Crippen LogP contribution in [0, 0.1) is 0 Å². The van der Waals surface area contributed by atoms with E-state index in [1.54, 1.807) is 0 Å². The quantitative estimate of drug-likeness (QED) is 0.933. The van der Waals surface area contributed by atoms with E-state index in [1.807, 2.05) is 0 Å². The standard InChI is InChI=1S/C14H16F3N3S/c1-20-6-2-3-10(20)8-18-13-19-11-7-9(14(15,16)17)4-5-12(11)21-13/h4-5,7,10H,2-3,6,8H2,1H3,(H,18,19). The minimum Gasteiger partial charge on any atom is -0.360 e. The number of thiazole rings is 1. The summed E-state index contributed by atoms with van der Waals surface area (Å²) in [5, 5.41) is 3.93. The van der Waals surface area contributed by atoms with Crippen LogP contribution in [0.2, 0.25) is 0 Å². The van der Waals surface area contributed by atoms with Gasteiger partial charge in [0.05, 0.1) is 15.8 Å². The summed E-state index contributed by atoms with van der Waals surface area (Å²) in [4.78, 5) is 6.56. The second-order valence-corrected chi connectivity index (χ2v) is 6.39. The van der Waals surface area contributed by atoms with E-state index < -0.39 is 11.7 Å². The highest BCUT2D eigenvalue weighted by molar-refractivity contribution is 7.22. The lowest BCUT2D eigenvalue weighted by atomic mass is 10.2. The van der Waals surface area contributed by atoms with E-state index in [4.69, 9.17) is 0 Å². The third-order valence-electron chi connectivity index (χ3n) is 3.88. The average molecular weight is 315 g/mol. The molecule has 0 radical (unpaired) electrons. The molecule has 1 unspecified atom stereocenters. The van der Waals surface area contributed by atoms with Crippen molar-refractivity contribution in [2.75, 3.05) is 25.5 Å². The van der Waals surface area contributed by atoms with E-state index in [2.05, 4.69) is 22.2 Å². The predicted octanol–water partition coefficient (Wildman–Crippen LogP) is 3.82. The number of aromatic nitrogens is 1. The van der Waals surface area contributed by atoms with Crippen molar-refractivity contribution in [2.24, 2.45) is 0 Å². The number of nitrogens with one attached hydrogen (secondary N) is 1. The van der Waals surface area contributed by atoms with E-state index >= 15 is 0 Å². The van der Waals surface area contributed by atoms with Crippen molar-refractivity contribution in [3.8, 4) is 0 Å². The van der Waals surface area contributed by atoms with Crippen LogP contribution in [0.4, 0.5) is 18.3 Å². The lowest BCUT2D eigenvalue weighted by molar-refractivity contribution is -0.137. The van der Waals surface area contributed by atoms with E-state index in [0.717, 1.165) is 36.3 Å². The SMILES string of the molecule is CN1CCCC1CNc1nc2cc(C(F)(F)F)ccc2s1. The minimum atomic E-state index is -4.32. The number of alkyl halides is 3. The summed E-state index contributed by atoms with van der Waals surface area (Å²) in [6.45, 7) is 1.88. The number of hydrogen-bond acceptors (Lipinski definition) is 4. The molecule has 114 valence electrons. The van der Waals surface area contributed by atoms with Crippen LogP contribution in [0.1, 0.15) is 18.4 Å². The van der Waals surface area contributed by atoms with Crippen LogP contribution in [-0.2, 0) is 6.18 Å². The summed E-state index contributed by atoms with van der Waals surface area (Å²) in [6.07, 6.45) is -1.98. The number of likely N-dealkylation sites (tertiary alicyclic amines) is 1. The van der Waals surface area contributed by atoms with Crippen LogP contribution >= 0.6 is 11.3 Å². The number of halogens is 3. The topological polar surface area (TPSA) is 28.2 Å². The highest BCUT2D eigenvalue weighted by Crippen LogP contribution is 2.34. The molecule has 1 N–H and O–H groups in total. The Hall–Kier alpha value is -1.34. The van der Waals surface area contributed by atoms with Gasteiger partial charge in [0.1, 0.15) is 0 Å². The molecule has 1 aliphatic heterocycles. The molecule has 1 atom stereocenters. The second-order valence-electron chi connectivity index (χ2n) is 5.36. The number of rotatable bonds is 3. The molecule has 0 spiro atoms. The van der Waals surface area contributed by atoms with Crippen molar-refractivity contribution in [1.29, 1.82) is 0 Å². The van der Waals surface area contributed by atoms with Gasteiger partial charge < -0.3 is 10.2 Å². The molecule has 1 aromatic heterocycles. The maximum Gasteiger partial charge on any atom is 0.416 e. The Morgan fingerprint density at radius 3 is 2.90 bits per heavy atom. The first-order valence-electron chi connectivity index (χ1n) is 6.85. The average Bonchev–Trinajstić information content (AvgIpc) is 2.99. The van der Waals surface area contributed by atoms with Crippen LogP contribution in [0.15, 0.2) is 18.2 Å². The Balaban J connectivity index is 1.75. The molecule has 1 fully saturated rings. The molecule has 1 saturated heterocycles. The third-order valence-corrected chi connectivity index (χ3v) is 4.87. The summed E-state index contributed by atoms with van der Waals surface area (Å²) >= 11 is 1.39. The zero-order valence-electron chi connectivity index (χ0n) is 11.6. The third kappa shape index (κ3) is 3.13.